The van der Waals surface area contributed by atoms with Gasteiger partial charge >= 0.3 is 6.18 Å². The van der Waals surface area contributed by atoms with Gasteiger partial charge in [-0.05, 0) is 43.2 Å². The molecular weight excluding hydrogens is 351 g/mol. The second-order valence-electron chi connectivity index (χ2n) is 4.61. The number of alkyl halides is 3. The van der Waals surface area contributed by atoms with Crippen molar-refractivity contribution in [1.82, 2.24) is 0 Å². The van der Waals surface area contributed by atoms with Gasteiger partial charge in [0.15, 0.2) is 0 Å². The normalized spacial score (nSPS) is 13.6. The first-order valence-electron chi connectivity index (χ1n) is 5.89. The van der Waals surface area contributed by atoms with Gasteiger partial charge in [-0.2, -0.15) is 13.2 Å². The number of thiophene rings is 1. The maximum atomic E-state index is 13.1. The number of halogens is 4. The third-order valence-corrected chi connectivity index (χ3v) is 4.75. The molecule has 2 rings (SSSR count). The van der Waals surface area contributed by atoms with Gasteiger partial charge in [0.2, 0.25) is 0 Å². The summed E-state index contributed by atoms with van der Waals surface area (Å²) in [5.74, 6) is 0. The average molecular weight is 364 g/mol. The van der Waals surface area contributed by atoms with Crippen molar-refractivity contribution in [2.24, 2.45) is 5.73 Å². The van der Waals surface area contributed by atoms with E-state index >= 15 is 0 Å². The van der Waals surface area contributed by atoms with E-state index in [0.29, 0.717) is 4.47 Å². The maximum Gasteiger partial charge on any atom is 0.416 e. The highest BCUT2D eigenvalue weighted by Gasteiger charge is 2.35. The van der Waals surface area contributed by atoms with Crippen LogP contribution in [0, 0.1) is 13.8 Å². The fraction of sp³-hybridized carbons (Fsp3) is 0.286. The van der Waals surface area contributed by atoms with E-state index in [9.17, 15) is 13.2 Å². The highest BCUT2D eigenvalue weighted by molar-refractivity contribution is 9.10. The first-order valence-corrected chi connectivity index (χ1v) is 7.50. The minimum atomic E-state index is -4.42. The molecule has 2 N–H and O–H groups in total. The lowest BCUT2D eigenvalue weighted by molar-refractivity contribution is -0.138. The smallest absolute Gasteiger partial charge is 0.320 e. The molecule has 0 radical (unpaired) electrons. The number of hydrogen-bond donors (Lipinski definition) is 1. The van der Waals surface area contributed by atoms with Gasteiger partial charge in [-0.1, -0.05) is 22.0 Å². The number of nitrogens with two attached hydrogens (primary N) is 1. The predicted molar refractivity (Wildman–Crippen MR) is 79.0 cm³/mol. The summed E-state index contributed by atoms with van der Waals surface area (Å²) in [6, 6.07) is 5.27. The van der Waals surface area contributed by atoms with Crippen molar-refractivity contribution in [2.75, 3.05) is 0 Å². The average Bonchev–Trinajstić information content (AvgIpc) is 2.66. The van der Waals surface area contributed by atoms with E-state index in [4.69, 9.17) is 5.73 Å². The molecule has 0 spiro atoms. The molecule has 6 heteroatoms. The lowest BCUT2D eigenvalue weighted by Crippen LogP contribution is -2.18. The van der Waals surface area contributed by atoms with Crippen LogP contribution in [0.2, 0.25) is 0 Å². The summed E-state index contributed by atoms with van der Waals surface area (Å²) < 4.78 is 39.8. The van der Waals surface area contributed by atoms with Crippen molar-refractivity contribution < 1.29 is 13.2 Å². The second kappa shape index (κ2) is 5.50. The fourth-order valence-electron chi connectivity index (χ4n) is 2.15. The summed E-state index contributed by atoms with van der Waals surface area (Å²) in [6.45, 7) is 3.78. The molecule has 0 saturated carbocycles. The van der Waals surface area contributed by atoms with E-state index in [1.54, 1.807) is 6.07 Å². The number of rotatable bonds is 2. The van der Waals surface area contributed by atoms with Gasteiger partial charge in [0.05, 0.1) is 11.6 Å². The Morgan fingerprint density at radius 1 is 1.20 bits per heavy atom. The summed E-state index contributed by atoms with van der Waals surface area (Å²) in [6.07, 6.45) is -4.42. The van der Waals surface area contributed by atoms with Gasteiger partial charge in [0.25, 0.3) is 0 Å². The standard InChI is InChI=1S/C14H13BrF3NS/c1-7-5-8(2)20-13(7)12(19)10-4-3-9(15)6-11(10)14(16,17)18/h3-6,12H,19H2,1-2H3. The summed E-state index contributed by atoms with van der Waals surface area (Å²) in [5, 5.41) is 0. The Morgan fingerprint density at radius 3 is 2.35 bits per heavy atom. The molecule has 20 heavy (non-hydrogen) atoms. The van der Waals surface area contributed by atoms with Crippen molar-refractivity contribution in [3.8, 4) is 0 Å². The maximum absolute atomic E-state index is 13.1. The van der Waals surface area contributed by atoms with Crippen molar-refractivity contribution in [3.05, 3.63) is 55.2 Å². The molecule has 0 fully saturated rings. The third-order valence-electron chi connectivity index (χ3n) is 3.02. The van der Waals surface area contributed by atoms with Gasteiger partial charge in [0, 0.05) is 14.2 Å². The molecule has 0 amide bonds. The summed E-state index contributed by atoms with van der Waals surface area (Å²) in [4.78, 5) is 1.81. The molecule has 0 aliphatic rings. The zero-order valence-corrected chi connectivity index (χ0v) is 13.3. The van der Waals surface area contributed by atoms with Crippen LogP contribution in [0.15, 0.2) is 28.7 Å². The lowest BCUT2D eigenvalue weighted by atomic mass is 9.98. The number of benzene rings is 1. The molecule has 0 bridgehead atoms. The van der Waals surface area contributed by atoms with Crippen LogP contribution >= 0.6 is 27.3 Å². The zero-order chi connectivity index (χ0) is 15.1. The van der Waals surface area contributed by atoms with Crippen molar-refractivity contribution >= 4 is 27.3 Å². The largest absolute Gasteiger partial charge is 0.416 e. The van der Waals surface area contributed by atoms with E-state index in [-0.39, 0.29) is 5.56 Å². The van der Waals surface area contributed by atoms with Crippen molar-refractivity contribution in [3.63, 3.8) is 0 Å². The quantitative estimate of drug-likeness (QED) is 0.779. The van der Waals surface area contributed by atoms with Crippen LogP contribution in [0.4, 0.5) is 13.2 Å². The van der Waals surface area contributed by atoms with Crippen LogP contribution in [0.1, 0.15) is 32.5 Å². The Kier molecular flexibility index (Phi) is 4.27. The van der Waals surface area contributed by atoms with Gasteiger partial charge in [-0.3, -0.25) is 0 Å². The predicted octanol–water partition coefficient (Wildman–Crippen LogP) is 5.19. The minimum absolute atomic E-state index is 0.102. The van der Waals surface area contributed by atoms with Crippen LogP contribution in [-0.2, 0) is 6.18 Å². The molecule has 108 valence electrons. The molecule has 1 nitrogen and oxygen atoms in total. The van der Waals surface area contributed by atoms with Gasteiger partial charge in [0.1, 0.15) is 0 Å². The van der Waals surface area contributed by atoms with Crippen molar-refractivity contribution in [2.45, 2.75) is 26.1 Å². The third kappa shape index (κ3) is 3.07. The van der Waals surface area contributed by atoms with E-state index in [0.717, 1.165) is 21.4 Å². The van der Waals surface area contributed by atoms with Crippen molar-refractivity contribution in [1.29, 1.82) is 0 Å². The van der Waals surface area contributed by atoms with Gasteiger partial charge in [-0.25, -0.2) is 0 Å². The molecule has 2 aromatic rings. The van der Waals surface area contributed by atoms with Gasteiger partial charge in [-0.15, -0.1) is 11.3 Å². The Hall–Kier alpha value is -0.850. The Bertz CT molecular complexity index is 634. The molecule has 0 aliphatic heterocycles. The molecule has 0 aliphatic carbocycles. The highest BCUT2D eigenvalue weighted by Crippen LogP contribution is 2.39. The van der Waals surface area contributed by atoms with E-state index in [2.05, 4.69) is 15.9 Å². The first kappa shape index (κ1) is 15.5. The number of aryl methyl sites for hydroxylation is 2. The minimum Gasteiger partial charge on any atom is -0.320 e. The Balaban J connectivity index is 2.55. The molecular formula is C14H13BrF3NS. The van der Waals surface area contributed by atoms with Gasteiger partial charge < -0.3 is 5.73 Å². The molecule has 1 aromatic heterocycles. The second-order valence-corrected chi connectivity index (χ2v) is 6.81. The molecule has 1 aromatic carbocycles. The van der Waals surface area contributed by atoms with Crippen LogP contribution in [0.25, 0.3) is 0 Å². The number of hydrogen-bond acceptors (Lipinski definition) is 2. The van der Waals surface area contributed by atoms with E-state index in [1.165, 1.54) is 17.4 Å². The van der Waals surface area contributed by atoms with Crippen LogP contribution < -0.4 is 5.73 Å². The van der Waals surface area contributed by atoms with E-state index in [1.807, 2.05) is 19.9 Å². The Labute approximate surface area is 127 Å². The Morgan fingerprint density at radius 2 is 1.85 bits per heavy atom. The monoisotopic (exact) mass is 363 g/mol. The topological polar surface area (TPSA) is 26.0 Å². The molecule has 0 saturated heterocycles. The fourth-order valence-corrected chi connectivity index (χ4v) is 3.57. The summed E-state index contributed by atoms with van der Waals surface area (Å²) in [7, 11) is 0. The molecule has 1 atom stereocenters. The highest BCUT2D eigenvalue weighted by atomic mass is 79.9. The SMILES string of the molecule is Cc1cc(C)c(C(N)c2ccc(Br)cc2C(F)(F)F)s1. The summed E-state index contributed by atoms with van der Waals surface area (Å²) in [5.41, 5.74) is 6.41. The van der Waals surface area contributed by atoms with Crippen LogP contribution in [0.3, 0.4) is 0 Å². The van der Waals surface area contributed by atoms with E-state index < -0.39 is 17.8 Å². The molecule has 1 heterocycles. The van der Waals surface area contributed by atoms with Crippen LogP contribution in [-0.4, -0.2) is 0 Å². The molecule has 1 unspecified atom stereocenters. The zero-order valence-electron chi connectivity index (χ0n) is 10.9. The first-order chi connectivity index (χ1) is 9.20. The lowest BCUT2D eigenvalue weighted by Gasteiger charge is -2.18. The summed E-state index contributed by atoms with van der Waals surface area (Å²) >= 11 is 4.51. The van der Waals surface area contributed by atoms with Crippen LogP contribution in [0.5, 0.6) is 0 Å².